The third-order valence-corrected chi connectivity index (χ3v) is 6.07. The van der Waals surface area contributed by atoms with E-state index in [1.165, 1.54) is 16.4 Å². The highest BCUT2D eigenvalue weighted by Gasteiger charge is 2.29. The molecule has 3 aromatic rings. The van der Waals surface area contributed by atoms with Gasteiger partial charge in [-0.3, -0.25) is 4.31 Å². The van der Waals surface area contributed by atoms with Gasteiger partial charge in [0.25, 0.3) is 10.0 Å². The van der Waals surface area contributed by atoms with Crippen molar-refractivity contribution >= 4 is 38.9 Å². The lowest BCUT2D eigenvalue weighted by atomic mass is 10.2. The Labute approximate surface area is 162 Å². The maximum atomic E-state index is 13.3. The van der Waals surface area contributed by atoms with E-state index in [4.69, 9.17) is 23.2 Å². The Morgan fingerprint density at radius 3 is 2.08 bits per heavy atom. The Balaban J connectivity index is 2.15. The van der Waals surface area contributed by atoms with Gasteiger partial charge in [-0.2, -0.15) is 0 Å². The van der Waals surface area contributed by atoms with E-state index in [1.807, 2.05) is 30.3 Å². The highest BCUT2D eigenvalue weighted by Crippen LogP contribution is 2.37. The number of hydrogen-bond donors (Lipinski definition) is 1. The summed E-state index contributed by atoms with van der Waals surface area (Å²) in [5.41, 5.74) is 1.26. The number of rotatable bonds is 5. The zero-order valence-corrected chi connectivity index (χ0v) is 15.8. The van der Waals surface area contributed by atoms with Crippen molar-refractivity contribution in [3.05, 3.63) is 88.4 Å². The lowest BCUT2D eigenvalue weighted by Gasteiger charge is -2.25. The number of benzene rings is 3. The standard InChI is InChI=1S/C19H15Cl2NO3S/c20-15-11-17(21)19(23)18(12-15)26(24,25)22(16-9-5-2-6-10-16)13-14-7-3-1-4-8-14/h1-12,23H,13H2. The molecule has 0 unspecified atom stereocenters. The molecule has 4 nitrogen and oxygen atoms in total. The van der Waals surface area contributed by atoms with E-state index >= 15 is 0 Å². The molecule has 0 amide bonds. The molecule has 0 saturated carbocycles. The van der Waals surface area contributed by atoms with Crippen LogP contribution in [0, 0.1) is 0 Å². The second-order valence-corrected chi connectivity index (χ2v) is 8.24. The fourth-order valence-corrected chi connectivity index (χ4v) is 4.72. The van der Waals surface area contributed by atoms with Crippen molar-refractivity contribution in [3.8, 4) is 5.75 Å². The van der Waals surface area contributed by atoms with Crippen LogP contribution < -0.4 is 4.31 Å². The van der Waals surface area contributed by atoms with E-state index in [-0.39, 0.29) is 21.5 Å². The van der Waals surface area contributed by atoms with Gasteiger partial charge in [-0.25, -0.2) is 8.42 Å². The SMILES string of the molecule is O=S(=O)(c1cc(Cl)cc(Cl)c1O)N(Cc1ccccc1)c1ccccc1. The topological polar surface area (TPSA) is 57.6 Å². The minimum atomic E-state index is -4.11. The van der Waals surface area contributed by atoms with Gasteiger partial charge >= 0.3 is 0 Å². The van der Waals surface area contributed by atoms with Crippen LogP contribution in [0.5, 0.6) is 5.75 Å². The van der Waals surface area contributed by atoms with Gasteiger partial charge in [0, 0.05) is 5.02 Å². The van der Waals surface area contributed by atoms with Crippen LogP contribution in [0.15, 0.2) is 77.7 Å². The van der Waals surface area contributed by atoms with Crippen molar-refractivity contribution in [1.29, 1.82) is 0 Å². The van der Waals surface area contributed by atoms with E-state index in [9.17, 15) is 13.5 Å². The summed E-state index contributed by atoms with van der Waals surface area (Å²) in [4.78, 5) is -0.338. The van der Waals surface area contributed by atoms with Gasteiger partial charge in [-0.1, -0.05) is 71.7 Å². The van der Waals surface area contributed by atoms with Crippen LogP contribution in [0.25, 0.3) is 0 Å². The quantitative estimate of drug-likeness (QED) is 0.640. The number of aromatic hydroxyl groups is 1. The Kier molecular flexibility index (Phi) is 5.41. The number of hydrogen-bond acceptors (Lipinski definition) is 3. The molecule has 0 aromatic heterocycles. The maximum absolute atomic E-state index is 13.3. The number of para-hydroxylation sites is 1. The largest absolute Gasteiger partial charge is 0.505 e. The Hall–Kier alpha value is -2.21. The monoisotopic (exact) mass is 407 g/mol. The number of anilines is 1. The molecule has 0 radical (unpaired) electrons. The summed E-state index contributed by atoms with van der Waals surface area (Å²) in [6, 6.07) is 20.3. The van der Waals surface area contributed by atoms with E-state index in [1.54, 1.807) is 30.3 Å². The average Bonchev–Trinajstić information content (AvgIpc) is 2.64. The summed E-state index contributed by atoms with van der Waals surface area (Å²) in [5, 5.41) is 10.2. The first-order valence-electron chi connectivity index (χ1n) is 7.69. The van der Waals surface area contributed by atoms with Crippen molar-refractivity contribution in [2.45, 2.75) is 11.4 Å². The number of phenols is 1. The van der Waals surface area contributed by atoms with Crippen LogP contribution in [0.3, 0.4) is 0 Å². The van der Waals surface area contributed by atoms with Gasteiger partial charge in [-0.15, -0.1) is 0 Å². The van der Waals surface area contributed by atoms with Crippen molar-refractivity contribution in [2.75, 3.05) is 4.31 Å². The number of halogens is 2. The van der Waals surface area contributed by atoms with E-state index in [0.29, 0.717) is 5.69 Å². The van der Waals surface area contributed by atoms with Gasteiger partial charge in [0.1, 0.15) is 4.90 Å². The fraction of sp³-hybridized carbons (Fsp3) is 0.0526. The molecule has 0 aliphatic carbocycles. The normalized spacial score (nSPS) is 11.3. The second kappa shape index (κ2) is 7.58. The summed E-state index contributed by atoms with van der Waals surface area (Å²) in [5.74, 6) is -0.523. The zero-order valence-electron chi connectivity index (χ0n) is 13.5. The van der Waals surface area contributed by atoms with E-state index < -0.39 is 15.8 Å². The summed E-state index contributed by atoms with van der Waals surface area (Å²) in [6.07, 6.45) is 0. The smallest absolute Gasteiger partial charge is 0.268 e. The van der Waals surface area contributed by atoms with Crippen LogP contribution in [0.4, 0.5) is 5.69 Å². The molecule has 3 aromatic carbocycles. The molecule has 3 rings (SSSR count). The van der Waals surface area contributed by atoms with E-state index in [2.05, 4.69) is 0 Å². The number of sulfonamides is 1. The Morgan fingerprint density at radius 2 is 1.46 bits per heavy atom. The highest BCUT2D eigenvalue weighted by molar-refractivity contribution is 7.93. The summed E-state index contributed by atoms with van der Waals surface area (Å²) in [6.45, 7) is 0.0940. The molecule has 0 spiro atoms. The van der Waals surface area contributed by atoms with Crippen LogP contribution in [-0.4, -0.2) is 13.5 Å². The molecule has 0 fully saturated rings. The predicted octanol–water partition coefficient (Wildman–Crippen LogP) is 5.09. The van der Waals surface area contributed by atoms with Gasteiger partial charge in [0.15, 0.2) is 5.75 Å². The molecule has 7 heteroatoms. The third kappa shape index (κ3) is 3.80. The Bertz CT molecular complexity index is 1010. The first-order chi connectivity index (χ1) is 12.4. The molecule has 134 valence electrons. The van der Waals surface area contributed by atoms with Crippen molar-refractivity contribution in [3.63, 3.8) is 0 Å². The highest BCUT2D eigenvalue weighted by atomic mass is 35.5. The second-order valence-electron chi connectivity index (χ2n) is 5.57. The van der Waals surface area contributed by atoms with Gasteiger partial charge < -0.3 is 5.11 Å². The molecular formula is C19H15Cl2NO3S. The molecule has 0 heterocycles. The first-order valence-corrected chi connectivity index (χ1v) is 9.89. The van der Waals surface area contributed by atoms with Crippen molar-refractivity contribution < 1.29 is 13.5 Å². The number of phenolic OH excluding ortho intramolecular Hbond substituents is 1. The molecule has 0 bridgehead atoms. The summed E-state index contributed by atoms with van der Waals surface area (Å²) < 4.78 is 27.8. The van der Waals surface area contributed by atoms with E-state index in [0.717, 1.165) is 5.56 Å². The minimum absolute atomic E-state index is 0.0940. The molecule has 0 aliphatic heterocycles. The number of nitrogens with zero attached hydrogens (tertiary/aromatic N) is 1. The van der Waals surface area contributed by atoms with Crippen molar-refractivity contribution in [1.82, 2.24) is 0 Å². The van der Waals surface area contributed by atoms with Crippen LogP contribution >= 0.6 is 23.2 Å². The van der Waals surface area contributed by atoms with Gasteiger partial charge in [0.05, 0.1) is 17.3 Å². The van der Waals surface area contributed by atoms with Gasteiger partial charge in [0.2, 0.25) is 0 Å². The molecule has 0 aliphatic rings. The predicted molar refractivity (Wildman–Crippen MR) is 104 cm³/mol. The third-order valence-electron chi connectivity index (χ3n) is 3.77. The maximum Gasteiger partial charge on any atom is 0.268 e. The molecule has 1 N–H and O–H groups in total. The van der Waals surface area contributed by atoms with Crippen molar-refractivity contribution in [2.24, 2.45) is 0 Å². The first kappa shape index (κ1) is 18.6. The molecule has 0 saturated heterocycles. The lowest BCUT2D eigenvalue weighted by molar-refractivity contribution is 0.458. The Morgan fingerprint density at radius 1 is 0.885 bits per heavy atom. The van der Waals surface area contributed by atoms with Crippen LogP contribution in [-0.2, 0) is 16.6 Å². The fourth-order valence-electron chi connectivity index (χ4n) is 2.52. The van der Waals surface area contributed by atoms with Crippen LogP contribution in [0.2, 0.25) is 10.0 Å². The summed E-state index contributed by atoms with van der Waals surface area (Å²) >= 11 is 11.9. The summed E-state index contributed by atoms with van der Waals surface area (Å²) in [7, 11) is -4.11. The molecular weight excluding hydrogens is 393 g/mol. The average molecular weight is 408 g/mol. The zero-order chi connectivity index (χ0) is 18.7. The molecule has 0 atom stereocenters. The van der Waals surface area contributed by atoms with Gasteiger partial charge in [-0.05, 0) is 29.8 Å². The lowest BCUT2D eigenvalue weighted by Crippen LogP contribution is -2.30. The molecule has 26 heavy (non-hydrogen) atoms. The van der Waals surface area contributed by atoms with Crippen LogP contribution in [0.1, 0.15) is 5.56 Å². The minimum Gasteiger partial charge on any atom is -0.505 e.